The average Bonchev–Trinajstić information content (AvgIpc) is 3.00. The van der Waals surface area contributed by atoms with Crippen molar-refractivity contribution >= 4 is 27.5 Å². The Morgan fingerprint density at radius 2 is 1.92 bits per heavy atom. The number of carbonyl (C=O) groups is 2. The number of rotatable bonds is 5. The highest BCUT2D eigenvalue weighted by atomic mass is 32.2. The molecule has 1 aromatic carbocycles. The zero-order chi connectivity index (χ0) is 18.7. The minimum absolute atomic E-state index is 0.00463. The molecular weight excluding hydrogens is 354 g/mol. The first-order valence-electron chi connectivity index (χ1n) is 8.96. The molecule has 26 heavy (non-hydrogen) atoms. The summed E-state index contributed by atoms with van der Waals surface area (Å²) in [5.74, 6) is 0.140. The van der Waals surface area contributed by atoms with E-state index in [4.69, 9.17) is 0 Å². The summed E-state index contributed by atoms with van der Waals surface area (Å²) in [6.07, 6.45) is 4.43. The summed E-state index contributed by atoms with van der Waals surface area (Å²) in [5, 5.41) is 0. The second kappa shape index (κ2) is 7.75. The number of nitrogens with one attached hydrogen (secondary N) is 1. The van der Waals surface area contributed by atoms with Gasteiger partial charge in [0.05, 0.1) is 12.7 Å². The fourth-order valence-corrected chi connectivity index (χ4v) is 4.40. The first-order chi connectivity index (χ1) is 12.3. The maximum Gasteiger partial charge on any atom is 0.227 e. The van der Waals surface area contributed by atoms with Gasteiger partial charge < -0.3 is 9.80 Å². The van der Waals surface area contributed by atoms with Crippen LogP contribution in [0.5, 0.6) is 0 Å². The monoisotopic (exact) mass is 379 g/mol. The highest BCUT2D eigenvalue weighted by Crippen LogP contribution is 2.22. The maximum atomic E-state index is 12.6. The highest BCUT2D eigenvalue weighted by Gasteiger charge is 2.26. The van der Waals surface area contributed by atoms with Gasteiger partial charge in [0, 0.05) is 37.8 Å². The van der Waals surface area contributed by atoms with Crippen LogP contribution in [0.15, 0.2) is 24.3 Å². The molecule has 2 aliphatic heterocycles. The largest absolute Gasteiger partial charge is 0.341 e. The van der Waals surface area contributed by atoms with Crippen LogP contribution in [0.2, 0.25) is 0 Å². The Morgan fingerprint density at radius 1 is 1.19 bits per heavy atom. The van der Waals surface area contributed by atoms with E-state index in [0.29, 0.717) is 19.5 Å². The lowest BCUT2D eigenvalue weighted by Gasteiger charge is -2.32. The lowest BCUT2D eigenvalue weighted by Crippen LogP contribution is -2.49. The van der Waals surface area contributed by atoms with Gasteiger partial charge in [-0.05, 0) is 37.0 Å². The second-order valence-electron chi connectivity index (χ2n) is 7.06. The number of hydrogen-bond donors (Lipinski definition) is 1. The summed E-state index contributed by atoms with van der Waals surface area (Å²) in [7, 11) is -3.27. The van der Waals surface area contributed by atoms with Crippen molar-refractivity contribution in [3.8, 4) is 0 Å². The standard InChI is InChI=1S/C18H25N3O4S/c1-26(24,25)19-15-4-2-10-20(13-15)18(23)12-14-6-8-16(9-7-14)21-11-3-5-17(21)22/h6-9,15,19H,2-5,10-13H2,1H3/t15-/m1/s1. The molecule has 0 aliphatic carbocycles. The topological polar surface area (TPSA) is 86.8 Å². The molecule has 7 nitrogen and oxygen atoms in total. The number of likely N-dealkylation sites (tertiary alicyclic amines) is 1. The minimum atomic E-state index is -3.27. The molecular formula is C18H25N3O4S. The zero-order valence-corrected chi connectivity index (χ0v) is 15.8. The fourth-order valence-electron chi connectivity index (χ4n) is 3.60. The number of sulfonamides is 1. The van der Waals surface area contributed by atoms with Crippen LogP contribution in [0.1, 0.15) is 31.2 Å². The zero-order valence-electron chi connectivity index (χ0n) is 15.0. The molecule has 2 amide bonds. The first kappa shape index (κ1) is 18.8. The summed E-state index contributed by atoms with van der Waals surface area (Å²) in [6.45, 7) is 1.81. The van der Waals surface area contributed by atoms with Crippen LogP contribution in [0.4, 0.5) is 5.69 Å². The van der Waals surface area contributed by atoms with E-state index in [1.54, 1.807) is 9.80 Å². The van der Waals surface area contributed by atoms with Gasteiger partial charge in [-0.25, -0.2) is 13.1 Å². The molecule has 0 spiro atoms. The van der Waals surface area contributed by atoms with E-state index < -0.39 is 10.0 Å². The Kier molecular flexibility index (Phi) is 5.62. The smallest absolute Gasteiger partial charge is 0.227 e. The minimum Gasteiger partial charge on any atom is -0.341 e. The molecule has 1 N–H and O–H groups in total. The summed E-state index contributed by atoms with van der Waals surface area (Å²) in [5.41, 5.74) is 1.77. The molecule has 2 aliphatic rings. The number of carbonyl (C=O) groups excluding carboxylic acids is 2. The molecule has 0 saturated carbocycles. The van der Waals surface area contributed by atoms with Crippen LogP contribution in [-0.2, 0) is 26.0 Å². The predicted molar refractivity (Wildman–Crippen MR) is 99.3 cm³/mol. The van der Waals surface area contributed by atoms with E-state index in [-0.39, 0.29) is 24.3 Å². The molecule has 3 rings (SSSR count). The quantitative estimate of drug-likeness (QED) is 0.823. The van der Waals surface area contributed by atoms with Crippen LogP contribution in [0.25, 0.3) is 0 Å². The number of hydrogen-bond acceptors (Lipinski definition) is 4. The SMILES string of the molecule is CS(=O)(=O)N[C@@H]1CCCN(C(=O)Cc2ccc(N3CCCC3=O)cc2)C1. The van der Waals surface area contributed by atoms with Crippen molar-refractivity contribution in [2.24, 2.45) is 0 Å². The van der Waals surface area contributed by atoms with E-state index in [2.05, 4.69) is 4.72 Å². The van der Waals surface area contributed by atoms with Crippen molar-refractivity contribution in [1.82, 2.24) is 9.62 Å². The van der Waals surface area contributed by atoms with Gasteiger partial charge in [-0.1, -0.05) is 12.1 Å². The molecule has 0 unspecified atom stereocenters. The molecule has 2 fully saturated rings. The van der Waals surface area contributed by atoms with Crippen molar-refractivity contribution in [2.45, 2.75) is 38.1 Å². The second-order valence-corrected chi connectivity index (χ2v) is 8.84. The first-order valence-corrected chi connectivity index (χ1v) is 10.9. The van der Waals surface area contributed by atoms with Crippen molar-refractivity contribution in [1.29, 1.82) is 0 Å². The molecule has 8 heteroatoms. The van der Waals surface area contributed by atoms with E-state index in [0.717, 1.165) is 43.3 Å². The summed E-state index contributed by atoms with van der Waals surface area (Å²) in [4.78, 5) is 27.8. The molecule has 1 aromatic rings. The van der Waals surface area contributed by atoms with Gasteiger partial charge in [-0.3, -0.25) is 9.59 Å². The van der Waals surface area contributed by atoms with Crippen molar-refractivity contribution in [3.63, 3.8) is 0 Å². The highest BCUT2D eigenvalue weighted by molar-refractivity contribution is 7.88. The summed E-state index contributed by atoms with van der Waals surface area (Å²) < 4.78 is 25.4. The van der Waals surface area contributed by atoms with Crippen LogP contribution in [0, 0.1) is 0 Å². The normalized spacial score (nSPS) is 21.3. The third-order valence-electron chi connectivity index (χ3n) is 4.83. The van der Waals surface area contributed by atoms with Crippen LogP contribution >= 0.6 is 0 Å². The molecule has 142 valence electrons. The predicted octanol–water partition coefficient (Wildman–Crippen LogP) is 0.896. The van der Waals surface area contributed by atoms with E-state index in [9.17, 15) is 18.0 Å². The Bertz CT molecular complexity index is 776. The third kappa shape index (κ3) is 4.82. The molecule has 0 radical (unpaired) electrons. The maximum absolute atomic E-state index is 12.6. The lowest BCUT2D eigenvalue weighted by molar-refractivity contribution is -0.131. The van der Waals surface area contributed by atoms with E-state index in [1.807, 2.05) is 24.3 Å². The van der Waals surface area contributed by atoms with Gasteiger partial charge in [0.1, 0.15) is 0 Å². The van der Waals surface area contributed by atoms with Gasteiger partial charge >= 0.3 is 0 Å². The number of benzene rings is 1. The Labute approximate surface area is 154 Å². The van der Waals surface area contributed by atoms with Crippen molar-refractivity contribution < 1.29 is 18.0 Å². The number of amides is 2. The fraction of sp³-hybridized carbons (Fsp3) is 0.556. The van der Waals surface area contributed by atoms with Gasteiger partial charge in [-0.15, -0.1) is 0 Å². The molecule has 0 bridgehead atoms. The summed E-state index contributed by atoms with van der Waals surface area (Å²) in [6, 6.07) is 7.32. The number of anilines is 1. The average molecular weight is 379 g/mol. The van der Waals surface area contributed by atoms with Crippen LogP contribution in [0.3, 0.4) is 0 Å². The Balaban J connectivity index is 1.58. The lowest BCUT2D eigenvalue weighted by atomic mass is 10.0. The third-order valence-corrected chi connectivity index (χ3v) is 5.59. The van der Waals surface area contributed by atoms with Crippen LogP contribution in [-0.4, -0.2) is 57.1 Å². The van der Waals surface area contributed by atoms with Gasteiger partial charge in [-0.2, -0.15) is 0 Å². The number of nitrogens with zero attached hydrogens (tertiary/aromatic N) is 2. The van der Waals surface area contributed by atoms with Crippen LogP contribution < -0.4 is 9.62 Å². The molecule has 2 heterocycles. The Hall–Kier alpha value is -1.93. The molecule has 0 aromatic heterocycles. The Morgan fingerprint density at radius 3 is 2.54 bits per heavy atom. The molecule has 1 atom stereocenters. The van der Waals surface area contributed by atoms with E-state index >= 15 is 0 Å². The summed E-state index contributed by atoms with van der Waals surface area (Å²) >= 11 is 0. The van der Waals surface area contributed by atoms with E-state index in [1.165, 1.54) is 0 Å². The van der Waals surface area contributed by atoms with Gasteiger partial charge in [0.25, 0.3) is 0 Å². The van der Waals surface area contributed by atoms with Gasteiger partial charge in [0.2, 0.25) is 21.8 Å². The van der Waals surface area contributed by atoms with Gasteiger partial charge in [0.15, 0.2) is 0 Å². The van der Waals surface area contributed by atoms with Crippen molar-refractivity contribution in [2.75, 3.05) is 30.8 Å². The molecule has 2 saturated heterocycles. The van der Waals surface area contributed by atoms with Crippen molar-refractivity contribution in [3.05, 3.63) is 29.8 Å². The number of piperidine rings is 1.